The molecule has 0 aliphatic carbocycles. The molecule has 0 spiro atoms. The lowest BCUT2D eigenvalue weighted by atomic mass is 10.1. The predicted molar refractivity (Wildman–Crippen MR) is 84.1 cm³/mol. The second-order valence-electron chi connectivity index (χ2n) is 4.75. The van der Waals surface area contributed by atoms with Crippen LogP contribution in [-0.4, -0.2) is 5.11 Å². The Bertz CT molecular complexity index is 569. The van der Waals surface area contributed by atoms with Gasteiger partial charge in [-0.05, 0) is 35.7 Å². The van der Waals surface area contributed by atoms with Crippen LogP contribution in [0.25, 0.3) is 0 Å². The highest BCUT2D eigenvalue weighted by Crippen LogP contribution is 2.25. The Hall–Kier alpha value is -1.06. The third-order valence-electron chi connectivity index (χ3n) is 3.26. The topological polar surface area (TPSA) is 32.3 Å². The van der Waals surface area contributed by atoms with Gasteiger partial charge in [0.2, 0.25) is 0 Å². The number of halogens is 2. The SMILES string of the molecule is CC(NCc1ccc(CO)cc1)c1ccc(Cl)c(Cl)c1. The van der Waals surface area contributed by atoms with Crippen LogP contribution < -0.4 is 5.32 Å². The van der Waals surface area contributed by atoms with Gasteiger partial charge in [0.1, 0.15) is 0 Å². The third-order valence-corrected chi connectivity index (χ3v) is 4.00. The first-order valence-corrected chi connectivity index (χ1v) is 7.22. The summed E-state index contributed by atoms with van der Waals surface area (Å²) in [6.45, 7) is 2.92. The van der Waals surface area contributed by atoms with Crippen LogP contribution in [0.15, 0.2) is 42.5 Å². The molecule has 106 valence electrons. The molecule has 0 heterocycles. The largest absolute Gasteiger partial charge is 0.392 e. The molecule has 0 saturated carbocycles. The van der Waals surface area contributed by atoms with Crippen molar-refractivity contribution in [3.05, 3.63) is 69.2 Å². The van der Waals surface area contributed by atoms with Gasteiger partial charge in [-0.1, -0.05) is 53.5 Å². The smallest absolute Gasteiger partial charge is 0.0681 e. The van der Waals surface area contributed by atoms with Crippen LogP contribution in [0.4, 0.5) is 0 Å². The fourth-order valence-electron chi connectivity index (χ4n) is 1.93. The Balaban J connectivity index is 1.96. The van der Waals surface area contributed by atoms with Crippen molar-refractivity contribution in [1.82, 2.24) is 5.32 Å². The van der Waals surface area contributed by atoms with E-state index in [0.717, 1.165) is 17.7 Å². The number of hydrogen-bond donors (Lipinski definition) is 2. The number of aliphatic hydroxyl groups excluding tert-OH is 1. The van der Waals surface area contributed by atoms with Gasteiger partial charge in [0.15, 0.2) is 0 Å². The molecule has 0 amide bonds. The van der Waals surface area contributed by atoms with Gasteiger partial charge in [0.25, 0.3) is 0 Å². The summed E-state index contributed by atoms with van der Waals surface area (Å²) in [5.74, 6) is 0. The van der Waals surface area contributed by atoms with Gasteiger partial charge in [0.05, 0.1) is 16.7 Å². The number of rotatable bonds is 5. The zero-order chi connectivity index (χ0) is 14.5. The Morgan fingerprint density at radius 3 is 2.25 bits per heavy atom. The molecule has 1 unspecified atom stereocenters. The molecule has 0 saturated heterocycles. The summed E-state index contributed by atoms with van der Waals surface area (Å²) in [5.41, 5.74) is 3.20. The normalized spacial score (nSPS) is 12.4. The average molecular weight is 310 g/mol. The maximum absolute atomic E-state index is 9.00. The summed E-state index contributed by atoms with van der Waals surface area (Å²) in [6.07, 6.45) is 0. The second kappa shape index (κ2) is 7.09. The molecular formula is C16H17Cl2NO. The molecule has 0 aliphatic heterocycles. The summed E-state index contributed by atoms with van der Waals surface area (Å²) in [5, 5.41) is 13.6. The first-order valence-electron chi connectivity index (χ1n) is 6.47. The molecule has 0 aromatic heterocycles. The van der Waals surface area contributed by atoms with E-state index in [1.54, 1.807) is 0 Å². The lowest BCUT2D eigenvalue weighted by Gasteiger charge is -2.15. The molecule has 2 rings (SSSR count). The number of benzene rings is 2. The van der Waals surface area contributed by atoms with Crippen molar-refractivity contribution in [2.75, 3.05) is 0 Å². The average Bonchev–Trinajstić information content (AvgIpc) is 2.48. The van der Waals surface area contributed by atoms with Gasteiger partial charge >= 0.3 is 0 Å². The minimum absolute atomic E-state index is 0.0768. The first-order chi connectivity index (χ1) is 9.60. The van der Waals surface area contributed by atoms with E-state index < -0.39 is 0 Å². The first kappa shape index (κ1) is 15.3. The van der Waals surface area contributed by atoms with Gasteiger partial charge in [0, 0.05) is 12.6 Å². The van der Waals surface area contributed by atoms with Gasteiger partial charge in [-0.2, -0.15) is 0 Å². The van der Waals surface area contributed by atoms with Gasteiger partial charge in [-0.15, -0.1) is 0 Å². The lowest BCUT2D eigenvalue weighted by Crippen LogP contribution is -2.18. The van der Waals surface area contributed by atoms with Gasteiger partial charge in [-0.3, -0.25) is 0 Å². The maximum atomic E-state index is 9.00. The standard InChI is InChI=1S/C16H17Cl2NO/c1-11(14-6-7-15(17)16(18)8-14)19-9-12-2-4-13(10-20)5-3-12/h2-8,11,19-20H,9-10H2,1H3. The van der Waals surface area contributed by atoms with E-state index in [2.05, 4.69) is 12.2 Å². The molecule has 0 radical (unpaired) electrons. The van der Waals surface area contributed by atoms with Crippen molar-refractivity contribution in [2.45, 2.75) is 26.1 Å². The molecule has 2 N–H and O–H groups in total. The Kier molecular flexibility index (Phi) is 5.44. The van der Waals surface area contributed by atoms with Crippen molar-refractivity contribution in [3.8, 4) is 0 Å². The summed E-state index contributed by atoms with van der Waals surface area (Å²) < 4.78 is 0. The van der Waals surface area contributed by atoms with E-state index in [9.17, 15) is 0 Å². The summed E-state index contributed by atoms with van der Waals surface area (Å²) in [4.78, 5) is 0. The van der Waals surface area contributed by atoms with E-state index in [1.807, 2.05) is 42.5 Å². The quantitative estimate of drug-likeness (QED) is 0.861. The second-order valence-corrected chi connectivity index (χ2v) is 5.57. The number of hydrogen-bond acceptors (Lipinski definition) is 2. The van der Waals surface area contributed by atoms with Crippen LogP contribution in [0, 0.1) is 0 Å². The van der Waals surface area contributed by atoms with Crippen LogP contribution >= 0.6 is 23.2 Å². The fraction of sp³-hybridized carbons (Fsp3) is 0.250. The Morgan fingerprint density at radius 2 is 1.65 bits per heavy atom. The molecule has 0 fully saturated rings. The Labute approximate surface area is 129 Å². The molecule has 20 heavy (non-hydrogen) atoms. The molecule has 0 aliphatic rings. The van der Waals surface area contributed by atoms with Crippen molar-refractivity contribution in [1.29, 1.82) is 0 Å². The highest BCUT2D eigenvalue weighted by molar-refractivity contribution is 6.42. The van der Waals surface area contributed by atoms with Crippen molar-refractivity contribution in [3.63, 3.8) is 0 Å². The highest BCUT2D eigenvalue weighted by Gasteiger charge is 2.07. The van der Waals surface area contributed by atoms with Crippen LogP contribution in [0.5, 0.6) is 0 Å². The number of aliphatic hydroxyl groups is 1. The van der Waals surface area contributed by atoms with Crippen molar-refractivity contribution >= 4 is 23.2 Å². The summed E-state index contributed by atoms with van der Waals surface area (Å²) in [7, 11) is 0. The van der Waals surface area contributed by atoms with Crippen molar-refractivity contribution < 1.29 is 5.11 Å². The third kappa shape index (κ3) is 3.97. The summed E-state index contributed by atoms with van der Waals surface area (Å²) >= 11 is 11.9. The minimum Gasteiger partial charge on any atom is -0.392 e. The molecule has 2 nitrogen and oxygen atoms in total. The zero-order valence-electron chi connectivity index (χ0n) is 11.2. The fourth-order valence-corrected chi connectivity index (χ4v) is 2.24. The van der Waals surface area contributed by atoms with E-state index in [0.29, 0.717) is 10.0 Å². The van der Waals surface area contributed by atoms with Crippen LogP contribution in [0.1, 0.15) is 29.7 Å². The highest BCUT2D eigenvalue weighted by atomic mass is 35.5. The molecule has 2 aromatic rings. The molecule has 2 aromatic carbocycles. The van der Waals surface area contributed by atoms with E-state index in [-0.39, 0.29) is 12.6 Å². The number of nitrogens with one attached hydrogen (secondary N) is 1. The molecule has 4 heteroatoms. The van der Waals surface area contributed by atoms with E-state index in [1.165, 1.54) is 5.56 Å². The van der Waals surface area contributed by atoms with Gasteiger partial charge < -0.3 is 10.4 Å². The predicted octanol–water partition coefficient (Wildman–Crippen LogP) is 4.34. The van der Waals surface area contributed by atoms with Crippen LogP contribution in [0.2, 0.25) is 10.0 Å². The summed E-state index contributed by atoms with van der Waals surface area (Å²) in [6, 6.07) is 13.7. The maximum Gasteiger partial charge on any atom is 0.0681 e. The molecule has 1 atom stereocenters. The zero-order valence-corrected chi connectivity index (χ0v) is 12.7. The van der Waals surface area contributed by atoms with E-state index >= 15 is 0 Å². The van der Waals surface area contributed by atoms with Crippen LogP contribution in [0.3, 0.4) is 0 Å². The van der Waals surface area contributed by atoms with E-state index in [4.69, 9.17) is 28.3 Å². The lowest BCUT2D eigenvalue weighted by molar-refractivity contribution is 0.282. The van der Waals surface area contributed by atoms with Gasteiger partial charge in [-0.25, -0.2) is 0 Å². The monoisotopic (exact) mass is 309 g/mol. The molecular weight excluding hydrogens is 293 g/mol. The van der Waals surface area contributed by atoms with Crippen molar-refractivity contribution in [2.24, 2.45) is 0 Å². The van der Waals surface area contributed by atoms with Crippen LogP contribution in [-0.2, 0) is 13.2 Å². The molecule has 0 bridgehead atoms. The minimum atomic E-state index is 0.0768. The Morgan fingerprint density at radius 1 is 1.00 bits per heavy atom.